The average Bonchev–Trinajstić information content (AvgIpc) is 3.35. The van der Waals surface area contributed by atoms with E-state index in [1.165, 1.54) is 16.2 Å². The van der Waals surface area contributed by atoms with Gasteiger partial charge in [-0.1, -0.05) is 39.0 Å². The molecule has 2 aliphatic carbocycles. The van der Waals surface area contributed by atoms with Crippen molar-refractivity contribution in [2.45, 2.75) is 91.2 Å². The number of ketones is 2. The Kier molecular flexibility index (Phi) is 11.1. The Morgan fingerprint density at radius 1 is 1.04 bits per heavy atom. The number of likely N-dealkylation sites (tertiary alicyclic amines) is 2. The maximum absolute atomic E-state index is 13.9. The summed E-state index contributed by atoms with van der Waals surface area (Å²) in [7, 11) is 2.16. The van der Waals surface area contributed by atoms with Crippen LogP contribution in [0.4, 0.5) is 10.1 Å². The molecule has 1 saturated carbocycles. The van der Waals surface area contributed by atoms with E-state index in [0.29, 0.717) is 36.8 Å². The van der Waals surface area contributed by atoms with E-state index >= 15 is 0 Å². The average molecular weight is 731 g/mol. The highest BCUT2D eigenvalue weighted by Crippen LogP contribution is 2.52. The van der Waals surface area contributed by atoms with E-state index in [1.807, 2.05) is 18.2 Å². The first-order valence-electron chi connectivity index (χ1n) is 19.3. The van der Waals surface area contributed by atoms with Crippen LogP contribution in [0.1, 0.15) is 99.1 Å². The highest BCUT2D eigenvalue weighted by molar-refractivity contribution is 6.41. The molecular weight excluding hydrogens is 675 g/mol. The van der Waals surface area contributed by atoms with Crippen molar-refractivity contribution in [3.05, 3.63) is 58.4 Å². The van der Waals surface area contributed by atoms with Crippen molar-refractivity contribution in [1.29, 1.82) is 0 Å². The number of carbonyl (C=O) groups is 4. The van der Waals surface area contributed by atoms with Crippen molar-refractivity contribution in [1.82, 2.24) is 9.88 Å². The number of carboxylic acids is 2. The topological polar surface area (TPSA) is 144 Å². The molecular formula is C42H55FN4O6. The molecule has 2 N–H and O–H groups in total. The number of Topliss-reactive ketones (excluding diaryl/α,β-unsaturated/α-hetero) is 2. The number of aryl methyl sites for hydroxylation is 1. The van der Waals surface area contributed by atoms with Crippen LogP contribution in [0.15, 0.2) is 35.3 Å². The molecule has 2 aromatic rings. The van der Waals surface area contributed by atoms with Gasteiger partial charge >= 0.3 is 5.97 Å². The van der Waals surface area contributed by atoms with Crippen molar-refractivity contribution in [3.8, 4) is 0 Å². The maximum atomic E-state index is 13.9. The normalized spacial score (nSPS) is 26.5. The van der Waals surface area contributed by atoms with Gasteiger partial charge in [0.15, 0.2) is 11.6 Å². The Labute approximate surface area is 312 Å². The number of aliphatic carboxylic acids is 2. The number of fused-ring (bicyclic) bond motifs is 3. The quantitative estimate of drug-likeness (QED) is 0.316. The van der Waals surface area contributed by atoms with Crippen LogP contribution in [0.2, 0.25) is 0 Å². The van der Waals surface area contributed by atoms with Gasteiger partial charge in [-0.05, 0) is 98.4 Å². The first-order chi connectivity index (χ1) is 24.9. The molecule has 0 bridgehead atoms. The van der Waals surface area contributed by atoms with Crippen molar-refractivity contribution in [2.24, 2.45) is 40.0 Å². The van der Waals surface area contributed by atoms with Crippen molar-refractivity contribution in [3.63, 3.8) is 0 Å². The Morgan fingerprint density at radius 2 is 1.72 bits per heavy atom. The summed E-state index contributed by atoms with van der Waals surface area (Å²) < 4.78 is 11.8. The van der Waals surface area contributed by atoms with Gasteiger partial charge in [0.25, 0.3) is 0 Å². The predicted octanol–water partition coefficient (Wildman–Crippen LogP) is 3.46. The molecule has 53 heavy (non-hydrogen) atoms. The van der Waals surface area contributed by atoms with E-state index in [9.17, 15) is 33.8 Å². The van der Waals surface area contributed by atoms with Crippen LogP contribution < -0.4 is 10.0 Å². The zero-order chi connectivity index (χ0) is 38.4. The van der Waals surface area contributed by atoms with Gasteiger partial charge in [-0.2, -0.15) is 0 Å². The minimum absolute atomic E-state index is 0.0492. The number of carboxylic acid groups (broad SMARTS) is 2. The number of alkyl halides is 1. The lowest BCUT2D eigenvalue weighted by molar-refractivity contribution is -0.931. The minimum atomic E-state index is -2.19. The molecule has 286 valence electrons. The van der Waals surface area contributed by atoms with Gasteiger partial charge < -0.3 is 24.8 Å². The number of rotatable bonds is 12. The molecule has 3 aliphatic heterocycles. The Hall–Kier alpha value is -3.83. The molecule has 0 radical (unpaired) electrons. The van der Waals surface area contributed by atoms with Crippen molar-refractivity contribution < 1.29 is 38.7 Å². The summed E-state index contributed by atoms with van der Waals surface area (Å²) in [5.74, 6) is -0.758. The summed E-state index contributed by atoms with van der Waals surface area (Å²) in [4.78, 5) is 61.8. The molecule has 0 spiro atoms. The number of halogens is 1. The fourth-order valence-electron chi connectivity index (χ4n) is 8.81. The van der Waals surface area contributed by atoms with Gasteiger partial charge in [0.1, 0.15) is 5.67 Å². The van der Waals surface area contributed by atoms with Crippen LogP contribution in [0, 0.1) is 35.0 Å². The Bertz CT molecular complexity index is 1780. The molecule has 4 heterocycles. The summed E-state index contributed by atoms with van der Waals surface area (Å²) in [6.07, 6.45) is 5.32. The second-order valence-electron chi connectivity index (χ2n) is 17.9. The molecule has 3 fully saturated rings. The summed E-state index contributed by atoms with van der Waals surface area (Å²) >= 11 is 0. The van der Waals surface area contributed by atoms with E-state index in [4.69, 9.17) is 9.98 Å². The van der Waals surface area contributed by atoms with Crippen LogP contribution in [0.25, 0.3) is 0 Å². The number of aromatic nitrogens is 1. The number of piperidine rings is 1. The number of benzene rings is 1. The summed E-state index contributed by atoms with van der Waals surface area (Å²) in [5, 5.41) is 19.0. The van der Waals surface area contributed by atoms with E-state index < -0.39 is 17.6 Å². The molecule has 11 heteroatoms. The van der Waals surface area contributed by atoms with Gasteiger partial charge in [-0.15, -0.1) is 0 Å². The lowest BCUT2D eigenvalue weighted by atomic mass is 9.71. The molecule has 4 atom stereocenters. The number of nitrogens with zero attached hydrogens (tertiary/aromatic N) is 3. The number of pyridine rings is 1. The molecule has 1 aromatic carbocycles. The van der Waals surface area contributed by atoms with E-state index in [1.54, 1.807) is 0 Å². The predicted molar refractivity (Wildman–Crippen MR) is 197 cm³/mol. The molecule has 7 rings (SSSR count). The first kappa shape index (κ1) is 38.9. The maximum Gasteiger partial charge on any atom is 0.307 e. The zero-order valence-corrected chi connectivity index (χ0v) is 32.0. The standard InChI is InChI=1S/C38H48N4O4.C4H7FO2/c1-38(2,3)27-8-9-30-26(14-27)15-31-32(39-30)17-33(40-31)35(44)16-24(10-11-42-20-28-29(21-42)36(28)37(45)46)23-6-5-7-25(13-23)34(43)12-22-18-41(4)19-22;1-4(2,5)3(6)7/h5-7,13,15,22,24,27-29,36H,8-12,14,16-21H2,1-4H3,(H,45,46);1-2H3,(H,6,7)/t24-,27-,28?,29?,36?;/m0./s1. The molecule has 0 amide bonds. The Morgan fingerprint density at radius 3 is 2.32 bits per heavy atom. The summed E-state index contributed by atoms with van der Waals surface area (Å²) in [6, 6.07) is 10.1. The third-order valence-corrected chi connectivity index (χ3v) is 12.3. The largest absolute Gasteiger partial charge is 0.547 e. The van der Waals surface area contributed by atoms with Gasteiger partial charge in [-0.3, -0.25) is 19.4 Å². The SMILES string of the molecule is CC(C)(F)C(=O)[O-].C[NH+]1CC(CC(=O)c2cccc([C@@H](CCN3CC4C(C3)C4C(=O)O)CC(=O)C3=Nc4cc5c(nc4C3)CC[C@H](C(C)(C)C)C5)c2)C1. The second-order valence-corrected chi connectivity index (χ2v) is 17.9. The van der Waals surface area contributed by atoms with E-state index in [2.05, 4.69) is 44.9 Å². The number of nitrogens with one attached hydrogen (secondary N) is 1. The number of hydrogen-bond acceptors (Lipinski definition) is 8. The van der Waals surface area contributed by atoms with Crippen molar-refractivity contribution >= 4 is 34.9 Å². The fourth-order valence-corrected chi connectivity index (χ4v) is 8.81. The zero-order valence-electron chi connectivity index (χ0n) is 32.0. The Balaban J connectivity index is 0.000000626. The van der Waals surface area contributed by atoms with Crippen LogP contribution in [-0.4, -0.2) is 89.6 Å². The van der Waals surface area contributed by atoms with E-state index in [0.717, 1.165) is 94.8 Å². The van der Waals surface area contributed by atoms with Crippen LogP contribution >= 0.6 is 0 Å². The molecule has 2 unspecified atom stereocenters. The van der Waals surface area contributed by atoms with Crippen LogP contribution in [0.5, 0.6) is 0 Å². The summed E-state index contributed by atoms with van der Waals surface area (Å²) in [5.41, 5.74) is 4.65. The van der Waals surface area contributed by atoms with Gasteiger partial charge in [0, 0.05) is 43.6 Å². The van der Waals surface area contributed by atoms with Crippen LogP contribution in [0.3, 0.4) is 0 Å². The number of quaternary nitrogens is 1. The third-order valence-electron chi connectivity index (χ3n) is 12.3. The van der Waals surface area contributed by atoms with Gasteiger partial charge in [-0.25, -0.2) is 9.38 Å². The smallest absolute Gasteiger partial charge is 0.307 e. The lowest BCUT2D eigenvalue weighted by Gasteiger charge is -2.34. The lowest BCUT2D eigenvalue weighted by Crippen LogP contribution is -3.17. The third kappa shape index (κ3) is 9.11. The van der Waals surface area contributed by atoms with Gasteiger partial charge in [0.05, 0.1) is 55.0 Å². The highest BCUT2D eigenvalue weighted by atomic mass is 19.1. The molecule has 10 nitrogen and oxygen atoms in total. The molecule has 2 saturated heterocycles. The van der Waals surface area contributed by atoms with Crippen LogP contribution in [-0.2, 0) is 33.6 Å². The van der Waals surface area contributed by atoms with Gasteiger partial charge in [0.2, 0.25) is 0 Å². The molecule has 1 aromatic heterocycles. The first-order valence-corrected chi connectivity index (χ1v) is 19.3. The highest BCUT2D eigenvalue weighted by Gasteiger charge is 2.59. The minimum Gasteiger partial charge on any atom is -0.547 e. The number of hydrogen-bond donors (Lipinski definition) is 2. The fraction of sp³-hybridized carbons (Fsp3) is 0.619. The number of carbonyl (C=O) groups excluding carboxylic acids is 3. The molecule has 5 aliphatic rings. The second kappa shape index (κ2) is 15.1. The van der Waals surface area contributed by atoms with Crippen molar-refractivity contribution in [2.75, 3.05) is 39.8 Å². The summed E-state index contributed by atoms with van der Waals surface area (Å²) in [6.45, 7) is 13.3. The number of aliphatic imine (C=N–C) groups is 1. The monoisotopic (exact) mass is 730 g/mol. The van der Waals surface area contributed by atoms with E-state index in [-0.39, 0.29) is 40.7 Å².